The molecule has 0 bridgehead atoms. The van der Waals surface area contributed by atoms with Gasteiger partial charge in [-0.2, -0.15) is 0 Å². The van der Waals surface area contributed by atoms with Crippen molar-refractivity contribution in [3.05, 3.63) is 83.9 Å². The zero-order valence-electron chi connectivity index (χ0n) is 18.2. The van der Waals surface area contributed by atoms with E-state index >= 15 is 0 Å². The summed E-state index contributed by atoms with van der Waals surface area (Å²) in [7, 11) is 0. The van der Waals surface area contributed by atoms with Crippen LogP contribution in [0.2, 0.25) is 5.02 Å². The first-order chi connectivity index (χ1) is 16.1. The Kier molecular flexibility index (Phi) is 7.60. The van der Waals surface area contributed by atoms with Crippen LogP contribution in [0.5, 0.6) is 11.5 Å². The van der Waals surface area contributed by atoms with Crippen molar-refractivity contribution in [1.82, 2.24) is 4.90 Å². The number of para-hydroxylation sites is 2. The van der Waals surface area contributed by atoms with E-state index in [1.165, 1.54) is 0 Å². The van der Waals surface area contributed by atoms with Gasteiger partial charge in [0, 0.05) is 17.3 Å². The molecule has 6 nitrogen and oxygen atoms in total. The van der Waals surface area contributed by atoms with E-state index in [0.717, 1.165) is 18.5 Å². The van der Waals surface area contributed by atoms with Crippen molar-refractivity contribution in [1.29, 1.82) is 0 Å². The molecule has 1 fully saturated rings. The van der Waals surface area contributed by atoms with Gasteiger partial charge in [-0.3, -0.25) is 14.5 Å². The summed E-state index contributed by atoms with van der Waals surface area (Å²) in [5.41, 5.74) is 1.51. The quantitative estimate of drug-likeness (QED) is 0.490. The fraction of sp³-hybridized carbons (Fsp3) is 0.231. The Morgan fingerprint density at radius 1 is 0.848 bits per heavy atom. The van der Waals surface area contributed by atoms with Crippen molar-refractivity contribution < 1.29 is 14.3 Å². The number of hydrogen-bond donors (Lipinski definition) is 2. The first kappa shape index (κ1) is 22.8. The summed E-state index contributed by atoms with van der Waals surface area (Å²) in [5.74, 6) is 1.15. The number of carbonyl (C=O) groups is 2. The van der Waals surface area contributed by atoms with Gasteiger partial charge in [0.05, 0.1) is 11.6 Å². The van der Waals surface area contributed by atoms with E-state index in [9.17, 15) is 9.59 Å². The van der Waals surface area contributed by atoms with Gasteiger partial charge in [0.25, 0.3) is 0 Å². The van der Waals surface area contributed by atoms with Gasteiger partial charge in [-0.1, -0.05) is 41.9 Å². The van der Waals surface area contributed by atoms with E-state index in [1.54, 1.807) is 36.4 Å². The molecule has 0 aromatic heterocycles. The molecule has 2 N–H and O–H groups in total. The van der Waals surface area contributed by atoms with Crippen molar-refractivity contribution in [2.75, 3.05) is 30.3 Å². The predicted octanol–water partition coefficient (Wildman–Crippen LogP) is 5.42. The van der Waals surface area contributed by atoms with Crippen LogP contribution in [0.4, 0.5) is 11.4 Å². The Hall–Kier alpha value is -3.35. The summed E-state index contributed by atoms with van der Waals surface area (Å²) >= 11 is 6.12. The first-order valence-corrected chi connectivity index (χ1v) is 11.4. The number of likely N-dealkylation sites (tertiary alicyclic amines) is 1. The normalized spacial score (nSPS) is 14.5. The Bertz CT molecular complexity index is 1080. The topological polar surface area (TPSA) is 70.7 Å². The Morgan fingerprint density at radius 2 is 1.48 bits per heavy atom. The van der Waals surface area contributed by atoms with Crippen molar-refractivity contribution in [2.24, 2.45) is 5.92 Å². The van der Waals surface area contributed by atoms with Gasteiger partial charge in [-0.25, -0.2) is 0 Å². The molecule has 1 heterocycles. The number of hydrogen-bond acceptors (Lipinski definition) is 4. The largest absolute Gasteiger partial charge is 0.456 e. The minimum atomic E-state index is -0.0815. The molecule has 0 aliphatic carbocycles. The van der Waals surface area contributed by atoms with Crippen LogP contribution in [0.25, 0.3) is 0 Å². The highest BCUT2D eigenvalue weighted by atomic mass is 35.5. The minimum absolute atomic E-state index is 0.0322. The molecule has 0 radical (unpaired) electrons. The second kappa shape index (κ2) is 11.0. The van der Waals surface area contributed by atoms with Gasteiger partial charge in [-0.05, 0) is 74.5 Å². The third kappa shape index (κ3) is 6.57. The predicted molar refractivity (Wildman–Crippen MR) is 131 cm³/mol. The summed E-state index contributed by atoms with van der Waals surface area (Å²) in [6.45, 7) is 1.72. The van der Waals surface area contributed by atoms with Crippen LogP contribution < -0.4 is 15.4 Å². The number of nitrogens with zero attached hydrogens (tertiary/aromatic N) is 1. The lowest BCUT2D eigenvalue weighted by atomic mass is 9.96. The molecular weight excluding hydrogens is 438 g/mol. The van der Waals surface area contributed by atoms with Crippen molar-refractivity contribution in [3.63, 3.8) is 0 Å². The number of nitrogens with one attached hydrogen (secondary N) is 2. The number of halogens is 1. The zero-order chi connectivity index (χ0) is 23.0. The van der Waals surface area contributed by atoms with E-state index in [4.69, 9.17) is 16.3 Å². The lowest BCUT2D eigenvalue weighted by Gasteiger charge is -2.30. The maximum absolute atomic E-state index is 12.5. The third-order valence-corrected chi connectivity index (χ3v) is 5.88. The molecule has 3 aromatic rings. The highest BCUT2D eigenvalue weighted by molar-refractivity contribution is 6.32. The highest BCUT2D eigenvalue weighted by Gasteiger charge is 2.26. The van der Waals surface area contributed by atoms with Gasteiger partial charge in [0.15, 0.2) is 0 Å². The highest BCUT2D eigenvalue weighted by Crippen LogP contribution is 2.29. The average molecular weight is 464 g/mol. The van der Waals surface area contributed by atoms with Crippen molar-refractivity contribution in [3.8, 4) is 11.5 Å². The van der Waals surface area contributed by atoms with Crippen LogP contribution >= 0.6 is 11.6 Å². The number of anilines is 2. The Labute approximate surface area is 198 Å². The average Bonchev–Trinajstić information content (AvgIpc) is 2.83. The molecule has 170 valence electrons. The van der Waals surface area contributed by atoms with Crippen LogP contribution in [0.1, 0.15) is 12.8 Å². The van der Waals surface area contributed by atoms with Gasteiger partial charge in [0.1, 0.15) is 11.5 Å². The lowest BCUT2D eigenvalue weighted by Crippen LogP contribution is -2.41. The molecule has 33 heavy (non-hydrogen) atoms. The van der Waals surface area contributed by atoms with Gasteiger partial charge in [0.2, 0.25) is 11.8 Å². The van der Waals surface area contributed by atoms with Crippen molar-refractivity contribution in [2.45, 2.75) is 12.8 Å². The third-order valence-electron chi connectivity index (χ3n) is 5.57. The molecule has 1 saturated heterocycles. The van der Waals surface area contributed by atoms with E-state index < -0.39 is 0 Å². The Morgan fingerprint density at radius 3 is 2.18 bits per heavy atom. The molecule has 1 aliphatic rings. The second-order valence-corrected chi connectivity index (χ2v) is 8.42. The number of rotatable bonds is 7. The zero-order valence-corrected chi connectivity index (χ0v) is 18.9. The summed E-state index contributed by atoms with van der Waals surface area (Å²) < 4.78 is 5.77. The molecule has 0 spiro atoms. The fourth-order valence-electron chi connectivity index (χ4n) is 3.78. The number of amides is 2. The van der Waals surface area contributed by atoms with Crippen molar-refractivity contribution >= 4 is 34.8 Å². The van der Waals surface area contributed by atoms with Crippen LogP contribution in [0.3, 0.4) is 0 Å². The number of piperidine rings is 1. The maximum Gasteiger partial charge on any atom is 0.238 e. The SMILES string of the molecule is O=C(CN1CCC(C(=O)Nc2ccccc2)CC1)Nc1ccc(Oc2ccccc2Cl)cc1. The summed E-state index contributed by atoms with van der Waals surface area (Å²) in [6.07, 6.45) is 1.47. The number of ether oxygens (including phenoxy) is 1. The molecule has 1 aliphatic heterocycles. The van der Waals surface area contributed by atoms with Crippen LogP contribution in [0, 0.1) is 5.92 Å². The second-order valence-electron chi connectivity index (χ2n) is 8.01. The van der Waals surface area contributed by atoms with Crippen LogP contribution in [-0.4, -0.2) is 36.3 Å². The monoisotopic (exact) mass is 463 g/mol. The maximum atomic E-state index is 12.5. The van der Waals surface area contributed by atoms with E-state index in [2.05, 4.69) is 15.5 Å². The van der Waals surface area contributed by atoms with Crippen LogP contribution in [-0.2, 0) is 9.59 Å². The molecule has 0 saturated carbocycles. The van der Waals surface area contributed by atoms with Gasteiger partial charge < -0.3 is 15.4 Å². The standard InChI is InChI=1S/C26H26ClN3O3/c27-23-8-4-5-9-24(23)33-22-12-10-21(11-13-22)28-25(31)18-30-16-14-19(15-17-30)26(32)29-20-6-2-1-3-7-20/h1-13,19H,14-18H2,(H,28,31)(H,29,32). The first-order valence-electron chi connectivity index (χ1n) is 11.0. The summed E-state index contributed by atoms with van der Waals surface area (Å²) in [5, 5.41) is 6.42. The molecule has 7 heteroatoms. The van der Waals surface area contributed by atoms with E-state index in [1.807, 2.05) is 42.5 Å². The van der Waals surface area contributed by atoms with E-state index in [-0.39, 0.29) is 17.7 Å². The van der Waals surface area contributed by atoms with Crippen LogP contribution in [0.15, 0.2) is 78.9 Å². The molecule has 2 amide bonds. The van der Waals surface area contributed by atoms with Gasteiger partial charge in [-0.15, -0.1) is 0 Å². The fourth-order valence-corrected chi connectivity index (χ4v) is 3.96. The minimum Gasteiger partial charge on any atom is -0.456 e. The lowest BCUT2D eigenvalue weighted by molar-refractivity contribution is -0.121. The summed E-state index contributed by atoms with van der Waals surface area (Å²) in [6, 6.07) is 23.9. The number of benzene rings is 3. The molecule has 4 rings (SSSR count). The molecule has 0 atom stereocenters. The number of carbonyl (C=O) groups excluding carboxylic acids is 2. The Balaban J connectivity index is 1.21. The molecular formula is C26H26ClN3O3. The smallest absolute Gasteiger partial charge is 0.238 e. The summed E-state index contributed by atoms with van der Waals surface area (Å²) in [4.78, 5) is 27.0. The molecule has 3 aromatic carbocycles. The van der Waals surface area contributed by atoms with E-state index in [0.29, 0.717) is 41.8 Å². The molecule has 0 unspecified atom stereocenters. The van der Waals surface area contributed by atoms with Gasteiger partial charge >= 0.3 is 0 Å².